The molecule has 0 aromatic heterocycles. The fraction of sp³-hybridized carbons (Fsp3) is 0.273. The van der Waals surface area contributed by atoms with Gasteiger partial charge in [0.15, 0.2) is 5.41 Å². The minimum Gasteiger partial charge on any atom is -0.468 e. The Morgan fingerprint density at radius 2 is 2.06 bits per heavy atom. The lowest BCUT2D eigenvalue weighted by Crippen LogP contribution is -2.43. The Bertz CT molecular complexity index is 471. The third-order valence-electron chi connectivity index (χ3n) is 2.88. The van der Waals surface area contributed by atoms with Gasteiger partial charge in [-0.2, -0.15) is 5.06 Å². The first kappa shape index (κ1) is 10.6. The monoisotopic (exact) mass is 221 g/mol. The van der Waals surface area contributed by atoms with E-state index in [9.17, 15) is 14.8 Å². The molecule has 0 saturated heterocycles. The van der Waals surface area contributed by atoms with Gasteiger partial charge in [-0.25, -0.2) is 0 Å². The first-order valence-electron chi connectivity index (χ1n) is 4.75. The Balaban J connectivity index is 2.65. The van der Waals surface area contributed by atoms with Crippen molar-refractivity contribution in [3.63, 3.8) is 0 Å². The summed E-state index contributed by atoms with van der Waals surface area (Å²) in [6, 6.07) is 6.58. The van der Waals surface area contributed by atoms with Gasteiger partial charge in [-0.3, -0.25) is 14.8 Å². The predicted octanol–water partition coefficient (Wildman–Crippen LogP) is 0.853. The average Bonchev–Trinajstić information content (AvgIpc) is 2.52. The molecule has 0 aliphatic carbocycles. The van der Waals surface area contributed by atoms with Crippen molar-refractivity contribution in [2.45, 2.75) is 12.3 Å². The van der Waals surface area contributed by atoms with E-state index in [1.807, 2.05) is 0 Å². The van der Waals surface area contributed by atoms with E-state index in [2.05, 4.69) is 4.74 Å². The van der Waals surface area contributed by atoms with Crippen molar-refractivity contribution in [3.8, 4) is 0 Å². The molecular weight excluding hydrogens is 210 g/mol. The van der Waals surface area contributed by atoms with Gasteiger partial charge in [0.05, 0.1) is 12.8 Å². The summed E-state index contributed by atoms with van der Waals surface area (Å²) in [6.45, 7) is 1.44. The number of hydroxylamine groups is 1. The van der Waals surface area contributed by atoms with Crippen LogP contribution in [0.2, 0.25) is 0 Å². The molecule has 1 unspecified atom stereocenters. The summed E-state index contributed by atoms with van der Waals surface area (Å²) in [5, 5.41) is 10.1. The second kappa shape index (κ2) is 3.31. The number of rotatable bonds is 1. The van der Waals surface area contributed by atoms with E-state index < -0.39 is 17.3 Å². The van der Waals surface area contributed by atoms with Gasteiger partial charge in [-0.15, -0.1) is 0 Å². The van der Waals surface area contributed by atoms with Crippen LogP contribution in [0.1, 0.15) is 12.5 Å². The van der Waals surface area contributed by atoms with Gasteiger partial charge in [0.25, 0.3) is 5.91 Å². The molecule has 5 heteroatoms. The third kappa shape index (κ3) is 1.09. The van der Waals surface area contributed by atoms with Gasteiger partial charge in [-0.05, 0) is 13.0 Å². The zero-order chi connectivity index (χ0) is 11.9. The summed E-state index contributed by atoms with van der Waals surface area (Å²) in [5.74, 6) is -1.37. The molecule has 1 aliphatic rings. The highest BCUT2D eigenvalue weighted by atomic mass is 16.5. The summed E-state index contributed by atoms with van der Waals surface area (Å²) in [4.78, 5) is 23.5. The predicted molar refractivity (Wildman–Crippen MR) is 55.1 cm³/mol. The molecule has 1 atom stereocenters. The van der Waals surface area contributed by atoms with Gasteiger partial charge in [0.2, 0.25) is 0 Å². The summed E-state index contributed by atoms with van der Waals surface area (Å²) in [5.41, 5.74) is -0.685. The lowest BCUT2D eigenvalue weighted by Gasteiger charge is -2.18. The van der Waals surface area contributed by atoms with E-state index in [1.165, 1.54) is 14.0 Å². The number of benzene rings is 1. The van der Waals surface area contributed by atoms with E-state index in [4.69, 9.17) is 0 Å². The van der Waals surface area contributed by atoms with Crippen LogP contribution in [0.5, 0.6) is 0 Å². The van der Waals surface area contributed by atoms with E-state index in [-0.39, 0.29) is 0 Å². The number of fused-ring (bicyclic) bond motifs is 1. The molecule has 1 aromatic carbocycles. The zero-order valence-corrected chi connectivity index (χ0v) is 8.93. The van der Waals surface area contributed by atoms with E-state index in [0.717, 1.165) is 0 Å². The molecule has 5 nitrogen and oxygen atoms in total. The highest BCUT2D eigenvalue weighted by Gasteiger charge is 2.53. The van der Waals surface area contributed by atoms with Crippen molar-refractivity contribution >= 4 is 17.6 Å². The molecule has 0 radical (unpaired) electrons. The number of ether oxygens (including phenoxy) is 1. The lowest BCUT2D eigenvalue weighted by molar-refractivity contribution is -0.151. The largest absolute Gasteiger partial charge is 0.468 e. The summed E-state index contributed by atoms with van der Waals surface area (Å²) in [6.07, 6.45) is 0. The van der Waals surface area contributed by atoms with Crippen molar-refractivity contribution in [2.24, 2.45) is 0 Å². The Kier molecular flexibility index (Phi) is 2.20. The quantitative estimate of drug-likeness (QED) is 0.434. The van der Waals surface area contributed by atoms with E-state index in [1.54, 1.807) is 24.3 Å². The SMILES string of the molecule is COC(=O)C1(C)C(=O)N(O)c2ccccc21. The topological polar surface area (TPSA) is 66.8 Å². The van der Waals surface area contributed by atoms with Gasteiger partial charge >= 0.3 is 5.97 Å². The molecule has 2 rings (SSSR count). The molecule has 0 saturated carbocycles. The number of amides is 1. The van der Waals surface area contributed by atoms with Crippen molar-refractivity contribution < 1.29 is 19.5 Å². The van der Waals surface area contributed by atoms with Crippen LogP contribution in [-0.2, 0) is 19.7 Å². The Morgan fingerprint density at radius 3 is 2.69 bits per heavy atom. The highest BCUT2D eigenvalue weighted by molar-refractivity contribution is 6.18. The van der Waals surface area contributed by atoms with Crippen LogP contribution in [0.3, 0.4) is 0 Å². The van der Waals surface area contributed by atoms with Crippen LogP contribution in [0, 0.1) is 0 Å². The number of esters is 1. The molecule has 1 aromatic rings. The van der Waals surface area contributed by atoms with Crippen LogP contribution in [0.25, 0.3) is 0 Å². The number of anilines is 1. The lowest BCUT2D eigenvalue weighted by atomic mass is 9.84. The molecule has 0 fully saturated rings. The van der Waals surface area contributed by atoms with Crippen LogP contribution >= 0.6 is 0 Å². The normalized spacial score (nSPS) is 23.2. The van der Waals surface area contributed by atoms with Crippen LogP contribution in [-0.4, -0.2) is 24.2 Å². The number of carbonyl (C=O) groups excluding carboxylic acids is 2. The first-order chi connectivity index (χ1) is 7.53. The maximum atomic E-state index is 11.9. The Labute approximate surface area is 92.2 Å². The molecule has 1 amide bonds. The number of nitrogens with zero attached hydrogens (tertiary/aromatic N) is 1. The molecule has 1 aliphatic heterocycles. The number of hydrogen-bond acceptors (Lipinski definition) is 4. The summed E-state index contributed by atoms with van der Waals surface area (Å²) >= 11 is 0. The van der Waals surface area contributed by atoms with Crippen LogP contribution < -0.4 is 5.06 Å². The van der Waals surface area contributed by atoms with Gasteiger partial charge in [-0.1, -0.05) is 18.2 Å². The number of para-hydroxylation sites is 1. The van der Waals surface area contributed by atoms with Crippen molar-refractivity contribution in [3.05, 3.63) is 29.8 Å². The highest BCUT2D eigenvalue weighted by Crippen LogP contribution is 2.41. The smallest absolute Gasteiger partial charge is 0.325 e. The van der Waals surface area contributed by atoms with Crippen molar-refractivity contribution in [1.29, 1.82) is 0 Å². The number of methoxy groups -OCH3 is 1. The second-order valence-electron chi connectivity index (χ2n) is 3.75. The molecule has 84 valence electrons. The standard InChI is InChI=1S/C11H11NO4/c1-11(10(14)16-2)7-5-3-4-6-8(7)12(15)9(11)13/h3-6,15H,1-2H3. The molecule has 16 heavy (non-hydrogen) atoms. The minimum atomic E-state index is -1.46. The van der Waals surface area contributed by atoms with Gasteiger partial charge < -0.3 is 4.74 Å². The number of carbonyl (C=O) groups is 2. The van der Waals surface area contributed by atoms with Crippen molar-refractivity contribution in [1.82, 2.24) is 0 Å². The van der Waals surface area contributed by atoms with E-state index >= 15 is 0 Å². The molecule has 1 heterocycles. The van der Waals surface area contributed by atoms with Crippen LogP contribution in [0.4, 0.5) is 5.69 Å². The minimum absolute atomic E-state index is 0.320. The second-order valence-corrected chi connectivity index (χ2v) is 3.75. The summed E-state index contributed by atoms with van der Waals surface area (Å²) < 4.78 is 4.62. The fourth-order valence-corrected chi connectivity index (χ4v) is 1.92. The zero-order valence-electron chi connectivity index (χ0n) is 8.93. The molecule has 0 spiro atoms. The van der Waals surface area contributed by atoms with Crippen molar-refractivity contribution in [2.75, 3.05) is 12.2 Å². The maximum Gasteiger partial charge on any atom is 0.325 e. The fourth-order valence-electron chi connectivity index (χ4n) is 1.92. The molecular formula is C11H11NO4. The third-order valence-corrected chi connectivity index (χ3v) is 2.88. The average molecular weight is 221 g/mol. The molecule has 0 bridgehead atoms. The number of hydrogen-bond donors (Lipinski definition) is 1. The van der Waals surface area contributed by atoms with Gasteiger partial charge in [0.1, 0.15) is 0 Å². The Hall–Kier alpha value is -1.88. The van der Waals surface area contributed by atoms with E-state index in [0.29, 0.717) is 16.3 Å². The first-order valence-corrected chi connectivity index (χ1v) is 4.75. The molecule has 1 N–H and O–H groups in total. The summed E-state index contributed by atoms with van der Waals surface area (Å²) in [7, 11) is 1.21. The maximum absolute atomic E-state index is 11.9. The van der Waals surface area contributed by atoms with Gasteiger partial charge in [0, 0.05) is 5.56 Å². The van der Waals surface area contributed by atoms with Crippen LogP contribution in [0.15, 0.2) is 24.3 Å². The Morgan fingerprint density at radius 1 is 1.44 bits per heavy atom.